The molecule has 8 aromatic rings. The molecule has 0 saturated carbocycles. The molecular weight excluding hydrogens is 510 g/mol. The number of hydrogen-bond acceptors (Lipinski definition) is 2. The minimum Gasteiger partial charge on any atom is -0.310 e. The average Bonchev–Trinajstić information content (AvgIpc) is 3.41. The first-order valence-corrected chi connectivity index (χ1v) is 14.2. The van der Waals surface area contributed by atoms with E-state index in [2.05, 4.69) is 161 Å². The fourth-order valence-corrected chi connectivity index (χ4v) is 6.08. The Morgan fingerprint density at radius 2 is 1.14 bits per heavy atom. The topological polar surface area (TPSA) is 21.1 Å². The third-order valence-corrected chi connectivity index (χ3v) is 8.00. The molecule has 0 amide bonds. The fraction of sp³-hybridized carbons (Fsp3) is 0. The summed E-state index contributed by atoms with van der Waals surface area (Å²) in [7, 11) is 0. The summed E-state index contributed by atoms with van der Waals surface area (Å²) in [6.45, 7) is 0. The maximum atomic E-state index is 4.81. The van der Waals surface area contributed by atoms with Crippen molar-refractivity contribution in [3.05, 3.63) is 164 Å². The molecule has 0 aliphatic rings. The van der Waals surface area contributed by atoms with E-state index in [-0.39, 0.29) is 0 Å². The molecule has 3 nitrogen and oxygen atoms in total. The predicted molar refractivity (Wildman–Crippen MR) is 176 cm³/mol. The summed E-state index contributed by atoms with van der Waals surface area (Å²) >= 11 is 0. The zero-order valence-corrected chi connectivity index (χ0v) is 22.9. The number of para-hydroxylation sites is 3. The summed E-state index contributed by atoms with van der Waals surface area (Å²) < 4.78 is 2.34. The average molecular weight is 538 g/mol. The van der Waals surface area contributed by atoms with E-state index in [0.717, 1.165) is 44.7 Å². The van der Waals surface area contributed by atoms with Gasteiger partial charge in [0.2, 0.25) is 0 Å². The van der Waals surface area contributed by atoms with Crippen LogP contribution in [-0.4, -0.2) is 9.55 Å². The second-order valence-electron chi connectivity index (χ2n) is 10.5. The highest BCUT2D eigenvalue weighted by molar-refractivity contribution is 6.16. The van der Waals surface area contributed by atoms with Crippen LogP contribution in [0.1, 0.15) is 0 Å². The lowest BCUT2D eigenvalue weighted by Crippen LogP contribution is -2.10. The van der Waals surface area contributed by atoms with Crippen molar-refractivity contribution in [1.82, 2.24) is 9.55 Å². The highest BCUT2D eigenvalue weighted by Gasteiger charge is 2.21. The molecule has 0 aliphatic carbocycles. The standard InChI is InChI=1S/C39H27N3/c1-3-12-28(13-4-1)29-22-24-32(25-23-29)41(31-15-5-2-6-16-31)37-20-11-21-38-39(37)34-17-8-10-19-36(34)42(38)33-26-30-14-7-9-18-35(30)40-27-33/h1-27H. The summed E-state index contributed by atoms with van der Waals surface area (Å²) in [5.41, 5.74) is 10.1. The van der Waals surface area contributed by atoms with E-state index in [1.807, 2.05) is 12.3 Å². The number of hydrogen-bond donors (Lipinski definition) is 0. The van der Waals surface area contributed by atoms with E-state index in [1.165, 1.54) is 21.9 Å². The summed E-state index contributed by atoms with van der Waals surface area (Å²) in [5.74, 6) is 0. The monoisotopic (exact) mass is 537 g/mol. The number of benzene rings is 6. The van der Waals surface area contributed by atoms with Crippen LogP contribution in [0.25, 0.3) is 49.5 Å². The number of fused-ring (bicyclic) bond motifs is 4. The van der Waals surface area contributed by atoms with Gasteiger partial charge >= 0.3 is 0 Å². The number of anilines is 3. The molecule has 0 aliphatic heterocycles. The Morgan fingerprint density at radius 1 is 0.500 bits per heavy atom. The van der Waals surface area contributed by atoms with Crippen molar-refractivity contribution in [3.8, 4) is 16.8 Å². The van der Waals surface area contributed by atoms with Gasteiger partial charge in [0.1, 0.15) is 0 Å². The third-order valence-electron chi connectivity index (χ3n) is 8.00. The number of nitrogens with zero attached hydrogens (tertiary/aromatic N) is 3. The van der Waals surface area contributed by atoms with Crippen LogP contribution in [0.3, 0.4) is 0 Å². The summed E-state index contributed by atoms with van der Waals surface area (Å²) in [6, 6.07) is 55.8. The van der Waals surface area contributed by atoms with Gasteiger partial charge in [-0.15, -0.1) is 0 Å². The van der Waals surface area contributed by atoms with Crippen molar-refractivity contribution >= 4 is 49.8 Å². The van der Waals surface area contributed by atoms with Crippen molar-refractivity contribution in [1.29, 1.82) is 0 Å². The summed E-state index contributed by atoms with van der Waals surface area (Å²) in [5, 5.41) is 3.54. The van der Waals surface area contributed by atoms with Gasteiger partial charge in [0, 0.05) is 27.5 Å². The Kier molecular flexibility index (Phi) is 5.79. The molecule has 6 aromatic carbocycles. The van der Waals surface area contributed by atoms with Crippen LogP contribution in [0.5, 0.6) is 0 Å². The molecule has 0 fully saturated rings. The largest absolute Gasteiger partial charge is 0.310 e. The molecule has 8 rings (SSSR count). The van der Waals surface area contributed by atoms with Gasteiger partial charge in [-0.05, 0) is 65.7 Å². The van der Waals surface area contributed by atoms with Crippen LogP contribution in [-0.2, 0) is 0 Å². The van der Waals surface area contributed by atoms with E-state index in [0.29, 0.717) is 0 Å². The van der Waals surface area contributed by atoms with Crippen molar-refractivity contribution < 1.29 is 0 Å². The van der Waals surface area contributed by atoms with Gasteiger partial charge in [-0.2, -0.15) is 0 Å². The summed E-state index contributed by atoms with van der Waals surface area (Å²) in [4.78, 5) is 7.17. The lowest BCUT2D eigenvalue weighted by atomic mass is 10.0. The maximum Gasteiger partial charge on any atom is 0.0703 e. The SMILES string of the molecule is c1ccc(-c2ccc(N(c3ccccc3)c3cccc4c3c3ccccc3n4-c3cnc4ccccc4c3)cc2)cc1. The summed E-state index contributed by atoms with van der Waals surface area (Å²) in [6.07, 6.45) is 1.98. The Balaban J connectivity index is 1.37. The van der Waals surface area contributed by atoms with E-state index in [4.69, 9.17) is 4.98 Å². The van der Waals surface area contributed by atoms with E-state index in [1.54, 1.807) is 0 Å². The molecule has 198 valence electrons. The third kappa shape index (κ3) is 4.03. The van der Waals surface area contributed by atoms with E-state index in [9.17, 15) is 0 Å². The molecule has 0 N–H and O–H groups in total. The Morgan fingerprint density at radius 3 is 1.98 bits per heavy atom. The minimum atomic E-state index is 0.997. The smallest absolute Gasteiger partial charge is 0.0703 e. The molecule has 3 heteroatoms. The van der Waals surface area contributed by atoms with Crippen LogP contribution in [0.15, 0.2) is 164 Å². The van der Waals surface area contributed by atoms with Gasteiger partial charge in [0.05, 0.1) is 34.1 Å². The van der Waals surface area contributed by atoms with Crippen LogP contribution in [0.2, 0.25) is 0 Å². The highest BCUT2D eigenvalue weighted by Crippen LogP contribution is 2.44. The molecule has 0 bridgehead atoms. The minimum absolute atomic E-state index is 0.997. The Hall–Kier alpha value is -5.67. The number of aromatic nitrogens is 2. The number of pyridine rings is 1. The molecule has 0 saturated heterocycles. The second-order valence-corrected chi connectivity index (χ2v) is 10.5. The predicted octanol–water partition coefficient (Wildman–Crippen LogP) is 10.5. The van der Waals surface area contributed by atoms with Gasteiger partial charge in [0.15, 0.2) is 0 Å². The van der Waals surface area contributed by atoms with Crippen LogP contribution in [0.4, 0.5) is 17.1 Å². The second kappa shape index (κ2) is 10.1. The first kappa shape index (κ1) is 24.2. The number of rotatable bonds is 5. The lowest BCUT2D eigenvalue weighted by Gasteiger charge is -2.26. The lowest BCUT2D eigenvalue weighted by molar-refractivity contribution is 1.16. The van der Waals surface area contributed by atoms with E-state index < -0.39 is 0 Å². The van der Waals surface area contributed by atoms with Gasteiger partial charge in [-0.1, -0.05) is 103 Å². The maximum absolute atomic E-state index is 4.81. The van der Waals surface area contributed by atoms with Crippen molar-refractivity contribution in [2.45, 2.75) is 0 Å². The van der Waals surface area contributed by atoms with Gasteiger partial charge in [0.25, 0.3) is 0 Å². The van der Waals surface area contributed by atoms with Gasteiger partial charge in [-0.3, -0.25) is 4.98 Å². The van der Waals surface area contributed by atoms with Crippen LogP contribution in [0, 0.1) is 0 Å². The first-order chi connectivity index (χ1) is 20.8. The highest BCUT2D eigenvalue weighted by atomic mass is 15.1. The fourth-order valence-electron chi connectivity index (χ4n) is 6.08. The quantitative estimate of drug-likeness (QED) is 0.218. The Labute approximate surface area is 244 Å². The van der Waals surface area contributed by atoms with Crippen molar-refractivity contribution in [3.63, 3.8) is 0 Å². The zero-order chi connectivity index (χ0) is 27.9. The molecule has 0 unspecified atom stereocenters. The molecule has 0 spiro atoms. The van der Waals surface area contributed by atoms with E-state index >= 15 is 0 Å². The molecule has 2 heterocycles. The molecule has 42 heavy (non-hydrogen) atoms. The zero-order valence-electron chi connectivity index (χ0n) is 22.9. The van der Waals surface area contributed by atoms with Crippen molar-refractivity contribution in [2.75, 3.05) is 4.90 Å². The first-order valence-electron chi connectivity index (χ1n) is 14.2. The molecule has 0 atom stereocenters. The Bertz CT molecular complexity index is 2180. The molecular formula is C39H27N3. The van der Waals surface area contributed by atoms with Crippen molar-refractivity contribution in [2.24, 2.45) is 0 Å². The van der Waals surface area contributed by atoms with Gasteiger partial charge < -0.3 is 9.47 Å². The van der Waals surface area contributed by atoms with Crippen LogP contribution < -0.4 is 4.90 Å². The molecule has 0 radical (unpaired) electrons. The normalized spacial score (nSPS) is 11.3. The van der Waals surface area contributed by atoms with Gasteiger partial charge in [-0.25, -0.2) is 0 Å². The molecule has 2 aromatic heterocycles. The van der Waals surface area contributed by atoms with Crippen LogP contribution >= 0.6 is 0 Å².